The minimum absolute atomic E-state index is 0.511. The quantitative estimate of drug-likeness (QED) is 0.320. The number of hydrogen-bond donors (Lipinski definition) is 0. The van der Waals surface area contributed by atoms with Gasteiger partial charge >= 0.3 is 0 Å². The van der Waals surface area contributed by atoms with Crippen LogP contribution in [0.5, 0.6) is 0 Å². The fourth-order valence-electron chi connectivity index (χ4n) is 2.47. The molecule has 0 aliphatic rings. The standard InChI is InChI=1S/C17H37NS/c1-7-9-13-17(5,8-2)15-18(19-6)14-11-10-12-16(3)4/h16H,7-15H2,1-6H3. The second-order valence-electron chi connectivity index (χ2n) is 6.70. The highest BCUT2D eigenvalue weighted by Gasteiger charge is 2.24. The second kappa shape index (κ2) is 11.0. The Morgan fingerprint density at radius 1 is 1.11 bits per heavy atom. The van der Waals surface area contributed by atoms with Crippen molar-refractivity contribution in [1.29, 1.82) is 0 Å². The minimum Gasteiger partial charge on any atom is -0.250 e. The predicted octanol–water partition coefficient (Wildman–Crippen LogP) is 6.00. The van der Waals surface area contributed by atoms with Crippen LogP contribution in [0.25, 0.3) is 0 Å². The third-order valence-electron chi connectivity index (χ3n) is 4.24. The van der Waals surface area contributed by atoms with E-state index in [9.17, 15) is 0 Å². The molecule has 116 valence electrons. The summed E-state index contributed by atoms with van der Waals surface area (Å²) in [7, 11) is 0. The molecule has 0 aromatic heterocycles. The van der Waals surface area contributed by atoms with Crippen molar-refractivity contribution in [3.63, 3.8) is 0 Å². The molecular formula is C17H37NS. The maximum atomic E-state index is 2.60. The Hall–Kier alpha value is 0.310. The van der Waals surface area contributed by atoms with Crippen LogP contribution in [0.1, 0.15) is 79.6 Å². The molecule has 0 N–H and O–H groups in total. The van der Waals surface area contributed by atoms with Crippen molar-refractivity contribution in [1.82, 2.24) is 4.31 Å². The largest absolute Gasteiger partial charge is 0.250 e. The van der Waals surface area contributed by atoms with Crippen LogP contribution in [0.4, 0.5) is 0 Å². The molecule has 0 aromatic rings. The fraction of sp³-hybridized carbons (Fsp3) is 1.00. The Kier molecular flexibility index (Phi) is 11.2. The Labute approximate surface area is 127 Å². The van der Waals surface area contributed by atoms with Crippen molar-refractivity contribution in [3.8, 4) is 0 Å². The maximum Gasteiger partial charge on any atom is 0.0143 e. The number of nitrogens with zero attached hydrogens (tertiary/aromatic N) is 1. The van der Waals surface area contributed by atoms with Crippen LogP contribution in [0.15, 0.2) is 0 Å². The lowest BCUT2D eigenvalue weighted by Gasteiger charge is -2.34. The molecule has 0 amide bonds. The highest BCUT2D eigenvalue weighted by Crippen LogP contribution is 2.31. The highest BCUT2D eigenvalue weighted by molar-refractivity contribution is 7.96. The van der Waals surface area contributed by atoms with E-state index in [1.165, 1.54) is 58.0 Å². The molecular weight excluding hydrogens is 250 g/mol. The van der Waals surface area contributed by atoms with E-state index in [2.05, 4.69) is 45.2 Å². The summed E-state index contributed by atoms with van der Waals surface area (Å²) >= 11 is 1.94. The summed E-state index contributed by atoms with van der Waals surface area (Å²) in [5, 5.41) is 0. The molecule has 0 bridgehead atoms. The van der Waals surface area contributed by atoms with Crippen molar-refractivity contribution >= 4 is 11.9 Å². The Morgan fingerprint density at radius 2 is 1.79 bits per heavy atom. The van der Waals surface area contributed by atoms with Crippen LogP contribution < -0.4 is 0 Å². The van der Waals surface area contributed by atoms with Crippen LogP contribution in [-0.4, -0.2) is 23.7 Å². The van der Waals surface area contributed by atoms with Gasteiger partial charge in [-0.25, -0.2) is 0 Å². The molecule has 0 fully saturated rings. The Morgan fingerprint density at radius 3 is 2.26 bits per heavy atom. The zero-order chi connectivity index (χ0) is 14.7. The zero-order valence-corrected chi connectivity index (χ0v) is 15.1. The van der Waals surface area contributed by atoms with Gasteiger partial charge in [0.2, 0.25) is 0 Å². The van der Waals surface area contributed by atoms with E-state index in [0.29, 0.717) is 5.41 Å². The van der Waals surface area contributed by atoms with Crippen LogP contribution >= 0.6 is 11.9 Å². The summed E-state index contributed by atoms with van der Waals surface area (Å²) < 4.78 is 2.60. The third kappa shape index (κ3) is 9.79. The lowest BCUT2D eigenvalue weighted by molar-refractivity contribution is 0.214. The molecule has 1 nitrogen and oxygen atoms in total. The van der Waals surface area contributed by atoms with Crippen molar-refractivity contribution in [2.75, 3.05) is 19.3 Å². The fourth-order valence-corrected chi connectivity index (χ4v) is 3.23. The molecule has 0 spiro atoms. The van der Waals surface area contributed by atoms with E-state index in [1.807, 2.05) is 11.9 Å². The van der Waals surface area contributed by atoms with Crippen LogP contribution in [0, 0.1) is 11.3 Å². The molecule has 0 aromatic carbocycles. The average molecular weight is 288 g/mol. The van der Waals surface area contributed by atoms with Gasteiger partial charge in [0, 0.05) is 13.1 Å². The molecule has 0 heterocycles. The molecule has 0 aliphatic carbocycles. The van der Waals surface area contributed by atoms with E-state index in [4.69, 9.17) is 0 Å². The van der Waals surface area contributed by atoms with Crippen LogP contribution in [0.3, 0.4) is 0 Å². The van der Waals surface area contributed by atoms with Crippen molar-refractivity contribution in [2.24, 2.45) is 11.3 Å². The SMILES string of the molecule is CCCCC(C)(CC)CN(CCCCC(C)C)SC. The van der Waals surface area contributed by atoms with E-state index in [1.54, 1.807) is 0 Å². The summed E-state index contributed by atoms with van der Waals surface area (Å²) in [5.41, 5.74) is 0.511. The first-order valence-corrected chi connectivity index (χ1v) is 9.44. The monoisotopic (exact) mass is 287 g/mol. The molecule has 1 unspecified atom stereocenters. The van der Waals surface area contributed by atoms with Gasteiger partial charge in [-0.2, -0.15) is 0 Å². The second-order valence-corrected chi connectivity index (χ2v) is 7.59. The molecule has 19 heavy (non-hydrogen) atoms. The van der Waals surface area contributed by atoms with Crippen LogP contribution in [0.2, 0.25) is 0 Å². The maximum absolute atomic E-state index is 2.60. The molecule has 0 radical (unpaired) electrons. The van der Waals surface area contributed by atoms with Crippen molar-refractivity contribution < 1.29 is 0 Å². The number of hydrogen-bond acceptors (Lipinski definition) is 2. The van der Waals surface area contributed by atoms with Crippen molar-refractivity contribution in [2.45, 2.75) is 79.6 Å². The Balaban J connectivity index is 4.06. The lowest BCUT2D eigenvalue weighted by atomic mass is 9.82. The van der Waals surface area contributed by atoms with Gasteiger partial charge < -0.3 is 0 Å². The molecule has 0 rings (SSSR count). The van der Waals surface area contributed by atoms with Gasteiger partial charge in [0.1, 0.15) is 0 Å². The van der Waals surface area contributed by atoms with Crippen LogP contribution in [-0.2, 0) is 0 Å². The van der Waals surface area contributed by atoms with E-state index in [-0.39, 0.29) is 0 Å². The normalized spacial score (nSPS) is 15.2. The van der Waals surface area contributed by atoms with Gasteiger partial charge in [-0.15, -0.1) is 0 Å². The lowest BCUT2D eigenvalue weighted by Crippen LogP contribution is -2.32. The first-order valence-electron chi connectivity index (χ1n) is 8.26. The molecule has 1 atom stereocenters. The topological polar surface area (TPSA) is 3.24 Å². The highest BCUT2D eigenvalue weighted by atomic mass is 32.2. The summed E-state index contributed by atoms with van der Waals surface area (Å²) in [6.45, 7) is 14.3. The number of rotatable bonds is 12. The van der Waals surface area contributed by atoms with Gasteiger partial charge in [0.05, 0.1) is 0 Å². The Bertz CT molecular complexity index is 205. The first kappa shape index (κ1) is 19.3. The van der Waals surface area contributed by atoms with E-state index < -0.39 is 0 Å². The van der Waals surface area contributed by atoms with Gasteiger partial charge in [-0.3, -0.25) is 4.31 Å². The average Bonchev–Trinajstić information content (AvgIpc) is 2.39. The van der Waals surface area contributed by atoms with E-state index in [0.717, 1.165) is 5.92 Å². The molecule has 2 heteroatoms. The minimum atomic E-state index is 0.511. The van der Waals surface area contributed by atoms with Gasteiger partial charge in [0.15, 0.2) is 0 Å². The number of unbranched alkanes of at least 4 members (excludes halogenated alkanes) is 2. The smallest absolute Gasteiger partial charge is 0.0143 e. The first-order chi connectivity index (χ1) is 8.97. The van der Waals surface area contributed by atoms with Gasteiger partial charge in [0.25, 0.3) is 0 Å². The van der Waals surface area contributed by atoms with Gasteiger partial charge in [-0.1, -0.05) is 72.2 Å². The molecule has 0 aliphatic heterocycles. The summed E-state index contributed by atoms with van der Waals surface area (Å²) in [6.07, 6.45) is 11.7. The van der Waals surface area contributed by atoms with Gasteiger partial charge in [-0.05, 0) is 36.9 Å². The van der Waals surface area contributed by atoms with E-state index >= 15 is 0 Å². The summed E-state index contributed by atoms with van der Waals surface area (Å²) in [4.78, 5) is 0. The third-order valence-corrected chi connectivity index (χ3v) is 5.07. The van der Waals surface area contributed by atoms with Crippen molar-refractivity contribution in [3.05, 3.63) is 0 Å². The zero-order valence-electron chi connectivity index (χ0n) is 14.3. The predicted molar refractivity (Wildman–Crippen MR) is 91.7 cm³/mol. The molecule has 0 saturated heterocycles. The summed E-state index contributed by atoms with van der Waals surface area (Å²) in [5.74, 6) is 0.855. The summed E-state index contributed by atoms with van der Waals surface area (Å²) in [6, 6.07) is 0. The molecule has 0 saturated carbocycles.